The Bertz CT molecular complexity index is 939. The summed E-state index contributed by atoms with van der Waals surface area (Å²) in [7, 11) is 1.56. The van der Waals surface area contributed by atoms with Crippen molar-refractivity contribution in [3.63, 3.8) is 0 Å². The van der Waals surface area contributed by atoms with E-state index in [-0.39, 0.29) is 11.6 Å². The summed E-state index contributed by atoms with van der Waals surface area (Å²) >= 11 is 0. The Labute approximate surface area is 158 Å². The molecule has 0 atom stereocenters. The van der Waals surface area contributed by atoms with Gasteiger partial charge >= 0.3 is 0 Å². The number of benzene rings is 2. The van der Waals surface area contributed by atoms with E-state index in [0.717, 1.165) is 12.1 Å². The van der Waals surface area contributed by atoms with Crippen molar-refractivity contribution in [2.24, 2.45) is 0 Å². The molecule has 0 saturated carbocycles. The van der Waals surface area contributed by atoms with E-state index in [2.05, 4.69) is 39.7 Å². The maximum Gasteiger partial charge on any atom is 0.274 e. The fraction of sp³-hybridized carbons (Fsp3) is 0.190. The van der Waals surface area contributed by atoms with Crippen LogP contribution in [0.3, 0.4) is 0 Å². The molecule has 27 heavy (non-hydrogen) atoms. The second kappa shape index (κ2) is 8.31. The first kappa shape index (κ1) is 18.4. The van der Waals surface area contributed by atoms with E-state index in [9.17, 15) is 4.79 Å². The number of carbonyl (C=O) groups is 1. The SMILES string of the molecule is CCc1ccc(Nc2cc(C(=O)Nc3ccccc3OC)nc(C)n2)cc1. The maximum absolute atomic E-state index is 12.6. The second-order valence-corrected chi connectivity index (χ2v) is 6.02. The van der Waals surface area contributed by atoms with E-state index in [1.807, 2.05) is 24.3 Å². The number of rotatable bonds is 6. The summed E-state index contributed by atoms with van der Waals surface area (Å²) in [6.45, 7) is 3.87. The summed E-state index contributed by atoms with van der Waals surface area (Å²) in [5, 5.41) is 6.05. The largest absolute Gasteiger partial charge is 0.495 e. The number of nitrogens with one attached hydrogen (secondary N) is 2. The van der Waals surface area contributed by atoms with E-state index in [0.29, 0.717) is 23.1 Å². The molecule has 3 aromatic rings. The molecule has 0 unspecified atom stereocenters. The van der Waals surface area contributed by atoms with Gasteiger partial charge in [-0.15, -0.1) is 0 Å². The molecule has 0 aliphatic rings. The van der Waals surface area contributed by atoms with E-state index >= 15 is 0 Å². The average molecular weight is 362 g/mol. The van der Waals surface area contributed by atoms with Crippen LogP contribution in [0.15, 0.2) is 54.6 Å². The standard InChI is InChI=1S/C21H22N4O2/c1-4-15-9-11-16(12-10-15)24-20-13-18(22-14(2)23-20)21(26)25-17-7-5-6-8-19(17)27-3/h5-13H,4H2,1-3H3,(H,25,26)(H,22,23,24). The molecule has 6 nitrogen and oxygen atoms in total. The van der Waals surface area contributed by atoms with Gasteiger partial charge in [0.1, 0.15) is 23.1 Å². The maximum atomic E-state index is 12.6. The number of ether oxygens (including phenoxy) is 1. The molecule has 0 saturated heterocycles. The molecule has 0 bridgehead atoms. The van der Waals surface area contributed by atoms with E-state index in [4.69, 9.17) is 4.74 Å². The molecule has 1 heterocycles. The third kappa shape index (κ3) is 4.61. The number of anilines is 3. The molecular weight excluding hydrogens is 340 g/mol. The lowest BCUT2D eigenvalue weighted by molar-refractivity contribution is 0.102. The molecular formula is C21H22N4O2. The normalized spacial score (nSPS) is 10.3. The highest BCUT2D eigenvalue weighted by Crippen LogP contribution is 2.24. The molecule has 1 aromatic heterocycles. The Morgan fingerprint density at radius 3 is 2.52 bits per heavy atom. The van der Waals surface area contributed by atoms with Crippen molar-refractivity contribution >= 4 is 23.1 Å². The van der Waals surface area contributed by atoms with Crippen LogP contribution in [0.5, 0.6) is 5.75 Å². The highest BCUT2D eigenvalue weighted by Gasteiger charge is 2.13. The first-order chi connectivity index (χ1) is 13.1. The molecule has 0 spiro atoms. The molecule has 1 amide bonds. The van der Waals surface area contributed by atoms with E-state index in [1.54, 1.807) is 32.2 Å². The first-order valence-corrected chi connectivity index (χ1v) is 8.75. The zero-order chi connectivity index (χ0) is 19.2. The minimum atomic E-state index is -0.325. The topological polar surface area (TPSA) is 76.1 Å². The molecule has 2 aromatic carbocycles. The Balaban J connectivity index is 1.80. The molecule has 6 heteroatoms. The van der Waals surface area contributed by atoms with Crippen LogP contribution in [0.2, 0.25) is 0 Å². The van der Waals surface area contributed by atoms with Gasteiger partial charge in [-0.3, -0.25) is 4.79 Å². The predicted molar refractivity (Wildman–Crippen MR) is 107 cm³/mol. The zero-order valence-electron chi connectivity index (χ0n) is 15.6. The van der Waals surface area contributed by atoms with Gasteiger partial charge in [-0.1, -0.05) is 31.2 Å². The van der Waals surface area contributed by atoms with E-state index < -0.39 is 0 Å². The molecule has 0 aliphatic heterocycles. The van der Waals surface area contributed by atoms with Gasteiger partial charge < -0.3 is 15.4 Å². The predicted octanol–water partition coefficient (Wildman–Crippen LogP) is 4.35. The van der Waals surface area contributed by atoms with Crippen molar-refractivity contribution in [1.29, 1.82) is 0 Å². The summed E-state index contributed by atoms with van der Waals surface area (Å²) in [6, 6.07) is 17.0. The van der Waals surface area contributed by atoms with Crippen molar-refractivity contribution in [2.75, 3.05) is 17.7 Å². The van der Waals surface area contributed by atoms with Gasteiger partial charge in [0.2, 0.25) is 0 Å². The fourth-order valence-corrected chi connectivity index (χ4v) is 2.65. The number of aryl methyl sites for hydroxylation is 2. The average Bonchev–Trinajstić information content (AvgIpc) is 2.68. The Hall–Kier alpha value is -3.41. The minimum Gasteiger partial charge on any atom is -0.495 e. The van der Waals surface area contributed by atoms with Crippen LogP contribution in [0.4, 0.5) is 17.2 Å². The monoisotopic (exact) mass is 362 g/mol. The van der Waals surface area contributed by atoms with Crippen LogP contribution < -0.4 is 15.4 Å². The highest BCUT2D eigenvalue weighted by atomic mass is 16.5. The molecule has 0 aliphatic carbocycles. The summed E-state index contributed by atoms with van der Waals surface area (Å²) in [4.78, 5) is 21.3. The van der Waals surface area contributed by atoms with Gasteiger partial charge in [-0.05, 0) is 43.2 Å². The Morgan fingerprint density at radius 1 is 1.07 bits per heavy atom. The van der Waals surface area contributed by atoms with E-state index in [1.165, 1.54) is 5.56 Å². The van der Waals surface area contributed by atoms with Crippen molar-refractivity contribution in [3.05, 3.63) is 71.7 Å². The first-order valence-electron chi connectivity index (χ1n) is 8.75. The summed E-state index contributed by atoms with van der Waals surface area (Å²) in [6.07, 6.45) is 0.986. The van der Waals surface area contributed by atoms with Crippen LogP contribution in [0, 0.1) is 6.92 Å². The smallest absolute Gasteiger partial charge is 0.274 e. The zero-order valence-corrected chi connectivity index (χ0v) is 15.6. The lowest BCUT2D eigenvalue weighted by atomic mass is 10.1. The van der Waals surface area contributed by atoms with Crippen LogP contribution in [0.25, 0.3) is 0 Å². The van der Waals surface area contributed by atoms with Crippen molar-refractivity contribution in [2.45, 2.75) is 20.3 Å². The van der Waals surface area contributed by atoms with Crippen LogP contribution in [0.1, 0.15) is 28.8 Å². The number of hydrogen-bond acceptors (Lipinski definition) is 5. The van der Waals surface area contributed by atoms with Gasteiger partial charge in [-0.2, -0.15) is 0 Å². The highest BCUT2D eigenvalue weighted by molar-refractivity contribution is 6.04. The number of aromatic nitrogens is 2. The van der Waals surface area contributed by atoms with Gasteiger partial charge in [0.05, 0.1) is 12.8 Å². The van der Waals surface area contributed by atoms with Crippen molar-refractivity contribution in [3.8, 4) is 5.75 Å². The number of amides is 1. The van der Waals surface area contributed by atoms with Gasteiger partial charge in [0, 0.05) is 11.8 Å². The number of carbonyl (C=O) groups excluding carboxylic acids is 1. The lowest BCUT2D eigenvalue weighted by Crippen LogP contribution is -2.16. The quantitative estimate of drug-likeness (QED) is 0.682. The van der Waals surface area contributed by atoms with Crippen LogP contribution in [-0.4, -0.2) is 23.0 Å². The molecule has 138 valence electrons. The summed E-state index contributed by atoms with van der Waals surface area (Å²) < 4.78 is 5.27. The number of methoxy groups -OCH3 is 1. The van der Waals surface area contributed by atoms with Crippen LogP contribution >= 0.6 is 0 Å². The molecule has 0 radical (unpaired) electrons. The Morgan fingerprint density at radius 2 is 1.81 bits per heavy atom. The molecule has 3 rings (SSSR count). The summed E-state index contributed by atoms with van der Waals surface area (Å²) in [5.74, 6) is 1.34. The molecule has 0 fully saturated rings. The van der Waals surface area contributed by atoms with Crippen LogP contribution in [-0.2, 0) is 6.42 Å². The van der Waals surface area contributed by atoms with Crippen molar-refractivity contribution in [1.82, 2.24) is 9.97 Å². The summed E-state index contributed by atoms with van der Waals surface area (Å²) in [5.41, 5.74) is 3.03. The van der Waals surface area contributed by atoms with Gasteiger partial charge in [0.25, 0.3) is 5.91 Å². The second-order valence-electron chi connectivity index (χ2n) is 6.02. The lowest BCUT2D eigenvalue weighted by Gasteiger charge is -2.11. The third-order valence-corrected chi connectivity index (χ3v) is 4.06. The number of para-hydroxylation sites is 2. The Kier molecular flexibility index (Phi) is 5.66. The van der Waals surface area contributed by atoms with Crippen molar-refractivity contribution < 1.29 is 9.53 Å². The fourth-order valence-electron chi connectivity index (χ4n) is 2.65. The molecule has 2 N–H and O–H groups in total. The minimum absolute atomic E-state index is 0.279. The third-order valence-electron chi connectivity index (χ3n) is 4.06. The van der Waals surface area contributed by atoms with Gasteiger partial charge in [0.15, 0.2) is 0 Å². The number of nitrogens with zero attached hydrogens (tertiary/aromatic N) is 2. The number of hydrogen-bond donors (Lipinski definition) is 2. The van der Waals surface area contributed by atoms with Gasteiger partial charge in [-0.25, -0.2) is 9.97 Å².